The molecular formula is C15H22N2O3. The Kier molecular flexibility index (Phi) is 6.56. The summed E-state index contributed by atoms with van der Waals surface area (Å²) in [6.45, 7) is 6.63. The minimum Gasteiger partial charge on any atom is -0.484 e. The van der Waals surface area contributed by atoms with Crippen LogP contribution in [0.15, 0.2) is 29.4 Å². The predicted molar refractivity (Wildman–Crippen MR) is 78.4 cm³/mol. The molecule has 0 aliphatic rings. The summed E-state index contributed by atoms with van der Waals surface area (Å²) in [6, 6.07) is 7.12. The van der Waals surface area contributed by atoms with Gasteiger partial charge in [-0.15, -0.1) is 0 Å². The van der Waals surface area contributed by atoms with Crippen molar-refractivity contribution in [3.63, 3.8) is 0 Å². The Morgan fingerprint density at radius 1 is 1.35 bits per heavy atom. The average molecular weight is 278 g/mol. The zero-order chi connectivity index (χ0) is 15.0. The molecule has 5 heteroatoms. The topological polar surface area (TPSA) is 70.9 Å². The molecule has 0 spiro atoms. The zero-order valence-electron chi connectivity index (χ0n) is 12.2. The van der Waals surface area contributed by atoms with E-state index in [1.807, 2.05) is 20.8 Å². The van der Waals surface area contributed by atoms with Gasteiger partial charge in [0.25, 0.3) is 5.91 Å². The molecule has 2 N–H and O–H groups in total. The smallest absolute Gasteiger partial charge is 0.257 e. The largest absolute Gasteiger partial charge is 0.484 e. The van der Waals surface area contributed by atoms with Crippen molar-refractivity contribution in [2.24, 2.45) is 11.1 Å². The summed E-state index contributed by atoms with van der Waals surface area (Å²) < 4.78 is 5.39. The van der Waals surface area contributed by atoms with Crippen LogP contribution in [0.2, 0.25) is 0 Å². The van der Waals surface area contributed by atoms with Gasteiger partial charge in [0.1, 0.15) is 5.75 Å². The third kappa shape index (κ3) is 5.30. The highest BCUT2D eigenvalue weighted by atomic mass is 16.5. The van der Waals surface area contributed by atoms with Crippen molar-refractivity contribution in [2.45, 2.75) is 27.2 Å². The maximum atomic E-state index is 11.5. The molecular weight excluding hydrogens is 256 g/mol. The number of hydrogen-bond acceptors (Lipinski definition) is 4. The van der Waals surface area contributed by atoms with Crippen LogP contribution in [-0.4, -0.2) is 30.0 Å². The molecule has 1 aromatic rings. The van der Waals surface area contributed by atoms with Crippen molar-refractivity contribution in [3.05, 3.63) is 29.8 Å². The van der Waals surface area contributed by atoms with Gasteiger partial charge in [0.2, 0.25) is 0 Å². The number of ether oxygens (including phenoxy) is 1. The first-order valence-corrected chi connectivity index (χ1v) is 6.77. The number of amides is 1. The number of nitrogens with one attached hydrogen (secondary N) is 1. The minimum absolute atomic E-state index is 0.000785. The van der Waals surface area contributed by atoms with Crippen LogP contribution in [-0.2, 0) is 4.79 Å². The monoisotopic (exact) mass is 278 g/mol. The summed E-state index contributed by atoms with van der Waals surface area (Å²) >= 11 is 0. The van der Waals surface area contributed by atoms with E-state index in [0.29, 0.717) is 30.3 Å². The second-order valence-electron chi connectivity index (χ2n) is 4.91. The maximum Gasteiger partial charge on any atom is 0.257 e. The van der Waals surface area contributed by atoms with Crippen molar-refractivity contribution in [1.29, 1.82) is 0 Å². The van der Waals surface area contributed by atoms with Gasteiger partial charge < -0.3 is 15.3 Å². The Balaban J connectivity index is 2.48. The Labute approximate surface area is 119 Å². The van der Waals surface area contributed by atoms with Crippen LogP contribution in [0.4, 0.5) is 0 Å². The molecule has 1 amide bonds. The quantitative estimate of drug-likeness (QED) is 0.457. The van der Waals surface area contributed by atoms with Crippen LogP contribution in [0.25, 0.3) is 0 Å². The number of benzene rings is 1. The van der Waals surface area contributed by atoms with Gasteiger partial charge in [-0.1, -0.05) is 25.9 Å². The number of rotatable bonds is 7. The Bertz CT molecular complexity index is 453. The van der Waals surface area contributed by atoms with Crippen LogP contribution >= 0.6 is 0 Å². The molecule has 1 rings (SSSR count). The van der Waals surface area contributed by atoms with Crippen LogP contribution in [0, 0.1) is 5.92 Å². The molecule has 20 heavy (non-hydrogen) atoms. The fourth-order valence-electron chi connectivity index (χ4n) is 1.59. The highest BCUT2D eigenvalue weighted by molar-refractivity contribution is 6.00. The molecule has 0 saturated carbocycles. The molecule has 0 heterocycles. The van der Waals surface area contributed by atoms with Gasteiger partial charge in [0, 0.05) is 6.54 Å². The second-order valence-corrected chi connectivity index (χ2v) is 4.91. The predicted octanol–water partition coefficient (Wildman–Crippen LogP) is 2.43. The maximum absolute atomic E-state index is 11.5. The molecule has 0 aliphatic heterocycles. The van der Waals surface area contributed by atoms with Gasteiger partial charge in [-0.3, -0.25) is 4.79 Å². The number of carbonyl (C=O) groups excluding carboxylic acids is 1. The van der Waals surface area contributed by atoms with Crippen molar-refractivity contribution >= 4 is 11.6 Å². The molecule has 0 aromatic heterocycles. The van der Waals surface area contributed by atoms with Gasteiger partial charge in [-0.05, 0) is 42.2 Å². The zero-order valence-corrected chi connectivity index (χ0v) is 12.2. The van der Waals surface area contributed by atoms with Crippen molar-refractivity contribution in [1.82, 2.24) is 5.32 Å². The van der Waals surface area contributed by atoms with Gasteiger partial charge >= 0.3 is 0 Å². The van der Waals surface area contributed by atoms with Crippen LogP contribution in [0.3, 0.4) is 0 Å². The number of oxime groups is 1. The highest BCUT2D eigenvalue weighted by Crippen LogP contribution is 2.13. The molecule has 0 unspecified atom stereocenters. The first-order valence-electron chi connectivity index (χ1n) is 6.77. The molecule has 5 nitrogen and oxygen atoms in total. The van der Waals surface area contributed by atoms with Gasteiger partial charge in [0.05, 0.1) is 5.71 Å². The van der Waals surface area contributed by atoms with Crippen molar-refractivity contribution < 1.29 is 14.7 Å². The fraction of sp³-hybridized carbons (Fsp3) is 0.467. The SMILES string of the molecule is CC/C(=N\O)c1ccc(OCC(=O)NCC(C)C)cc1. The normalized spacial score (nSPS) is 11.5. The third-order valence-corrected chi connectivity index (χ3v) is 2.72. The third-order valence-electron chi connectivity index (χ3n) is 2.72. The second kappa shape index (κ2) is 8.19. The Morgan fingerprint density at radius 3 is 2.50 bits per heavy atom. The number of nitrogens with zero attached hydrogens (tertiary/aromatic N) is 1. The lowest BCUT2D eigenvalue weighted by Crippen LogP contribution is -2.31. The van der Waals surface area contributed by atoms with E-state index < -0.39 is 0 Å². The fourth-order valence-corrected chi connectivity index (χ4v) is 1.59. The van der Waals surface area contributed by atoms with Crippen LogP contribution < -0.4 is 10.1 Å². The molecule has 1 aromatic carbocycles. The van der Waals surface area contributed by atoms with Crippen molar-refractivity contribution in [2.75, 3.05) is 13.2 Å². The van der Waals surface area contributed by atoms with Gasteiger partial charge in [0.15, 0.2) is 6.61 Å². The van der Waals surface area contributed by atoms with E-state index >= 15 is 0 Å². The van der Waals surface area contributed by atoms with E-state index in [1.54, 1.807) is 24.3 Å². The number of hydrogen-bond donors (Lipinski definition) is 2. The molecule has 0 aliphatic carbocycles. The highest BCUT2D eigenvalue weighted by Gasteiger charge is 2.05. The van der Waals surface area contributed by atoms with E-state index in [4.69, 9.17) is 9.94 Å². The summed E-state index contributed by atoms with van der Waals surface area (Å²) in [6.07, 6.45) is 0.647. The lowest BCUT2D eigenvalue weighted by Gasteiger charge is -2.09. The summed E-state index contributed by atoms with van der Waals surface area (Å²) in [5, 5.41) is 14.8. The first kappa shape index (κ1) is 16.0. The average Bonchev–Trinajstić information content (AvgIpc) is 2.45. The summed E-state index contributed by atoms with van der Waals surface area (Å²) in [7, 11) is 0. The standard InChI is InChI=1S/C15H22N2O3/c1-4-14(17-19)12-5-7-13(8-6-12)20-10-15(18)16-9-11(2)3/h5-8,11,19H,4,9-10H2,1-3H3,(H,16,18)/b17-14+. The Morgan fingerprint density at radius 2 is 2.00 bits per heavy atom. The van der Waals surface area contributed by atoms with E-state index in [-0.39, 0.29) is 12.5 Å². The number of carbonyl (C=O) groups is 1. The van der Waals surface area contributed by atoms with E-state index in [2.05, 4.69) is 10.5 Å². The van der Waals surface area contributed by atoms with Gasteiger partial charge in [-0.25, -0.2) is 0 Å². The Hall–Kier alpha value is -2.04. The molecule has 0 saturated heterocycles. The summed E-state index contributed by atoms with van der Waals surface area (Å²) in [5.41, 5.74) is 1.46. The molecule has 110 valence electrons. The van der Waals surface area contributed by atoms with E-state index in [0.717, 1.165) is 5.56 Å². The lowest BCUT2D eigenvalue weighted by molar-refractivity contribution is -0.123. The molecule has 0 radical (unpaired) electrons. The molecule has 0 fully saturated rings. The molecule has 0 atom stereocenters. The lowest BCUT2D eigenvalue weighted by atomic mass is 10.1. The van der Waals surface area contributed by atoms with Crippen LogP contribution in [0.5, 0.6) is 5.75 Å². The van der Waals surface area contributed by atoms with E-state index in [1.165, 1.54) is 0 Å². The molecule has 0 bridgehead atoms. The minimum atomic E-state index is -0.131. The first-order chi connectivity index (χ1) is 9.56. The van der Waals surface area contributed by atoms with E-state index in [9.17, 15) is 4.79 Å². The summed E-state index contributed by atoms with van der Waals surface area (Å²) in [5.74, 6) is 0.902. The van der Waals surface area contributed by atoms with Crippen LogP contribution in [0.1, 0.15) is 32.8 Å². The van der Waals surface area contributed by atoms with Gasteiger partial charge in [-0.2, -0.15) is 0 Å². The summed E-state index contributed by atoms with van der Waals surface area (Å²) in [4.78, 5) is 11.5. The van der Waals surface area contributed by atoms with Crippen molar-refractivity contribution in [3.8, 4) is 5.75 Å².